The van der Waals surface area contributed by atoms with E-state index in [0.717, 1.165) is 41.4 Å². The first-order chi connectivity index (χ1) is 13.8. The van der Waals surface area contributed by atoms with Gasteiger partial charge in [0.2, 0.25) is 5.95 Å². The Hall–Kier alpha value is -3.32. The van der Waals surface area contributed by atoms with Gasteiger partial charge in [-0.05, 0) is 17.7 Å². The van der Waals surface area contributed by atoms with Crippen LogP contribution in [0.5, 0.6) is 0 Å². The molecule has 7 heteroatoms. The van der Waals surface area contributed by atoms with Crippen molar-refractivity contribution in [1.82, 2.24) is 9.97 Å². The van der Waals surface area contributed by atoms with Crippen molar-refractivity contribution in [3.8, 4) is 11.3 Å². The van der Waals surface area contributed by atoms with Crippen LogP contribution in [0.3, 0.4) is 0 Å². The zero-order valence-electron chi connectivity index (χ0n) is 15.4. The van der Waals surface area contributed by atoms with Gasteiger partial charge in [0.1, 0.15) is 12.4 Å². The summed E-state index contributed by atoms with van der Waals surface area (Å²) in [7, 11) is 0. The summed E-state index contributed by atoms with van der Waals surface area (Å²) < 4.78 is 5.46. The molecular weight excluding hydrogens is 354 g/mol. The van der Waals surface area contributed by atoms with E-state index in [1.165, 1.54) is 0 Å². The third kappa shape index (κ3) is 4.32. The number of hydrogen-bond donors (Lipinski definition) is 1. The number of morpholine rings is 1. The number of anilines is 3. The van der Waals surface area contributed by atoms with Gasteiger partial charge in [-0.2, -0.15) is 9.89 Å². The van der Waals surface area contributed by atoms with Gasteiger partial charge in [0, 0.05) is 30.4 Å². The Morgan fingerprint density at radius 3 is 2.61 bits per heavy atom. The number of rotatable bonds is 6. The normalized spacial score (nSPS) is 13.9. The van der Waals surface area contributed by atoms with E-state index in [0.29, 0.717) is 19.2 Å². The van der Waals surface area contributed by atoms with Crippen molar-refractivity contribution >= 4 is 17.5 Å². The van der Waals surface area contributed by atoms with Gasteiger partial charge in [0.05, 0.1) is 18.9 Å². The topological polar surface area (TPSA) is 79.7 Å². The van der Waals surface area contributed by atoms with Crippen LogP contribution < -0.4 is 10.2 Å². The van der Waals surface area contributed by atoms with Crippen molar-refractivity contribution < 1.29 is 4.74 Å². The lowest BCUT2D eigenvalue weighted by atomic mass is 10.1. The zero-order chi connectivity index (χ0) is 19.2. The summed E-state index contributed by atoms with van der Waals surface area (Å²) in [6.45, 7) is 3.11. The SMILES string of the molecule is O=NCc1cccc(Nc2nc(-c3ccccc3)cc(N3CCOCC3)n2)c1. The molecular formula is C21H21N5O2. The summed E-state index contributed by atoms with van der Waals surface area (Å²) in [6.07, 6.45) is 0. The van der Waals surface area contributed by atoms with Crippen molar-refractivity contribution in [2.24, 2.45) is 5.18 Å². The second-order valence-electron chi connectivity index (χ2n) is 6.51. The quantitative estimate of drug-likeness (QED) is 0.656. The molecule has 4 rings (SSSR count). The lowest BCUT2D eigenvalue weighted by Gasteiger charge is -2.28. The summed E-state index contributed by atoms with van der Waals surface area (Å²) in [5, 5.41) is 6.22. The number of aromatic nitrogens is 2. The van der Waals surface area contributed by atoms with E-state index in [1.54, 1.807) is 0 Å². The maximum atomic E-state index is 10.6. The molecule has 7 nitrogen and oxygen atoms in total. The number of nitrogens with one attached hydrogen (secondary N) is 1. The monoisotopic (exact) mass is 375 g/mol. The van der Waals surface area contributed by atoms with Gasteiger partial charge in [0.25, 0.3) is 0 Å². The molecule has 0 aliphatic carbocycles. The molecule has 142 valence electrons. The summed E-state index contributed by atoms with van der Waals surface area (Å²) >= 11 is 0. The van der Waals surface area contributed by atoms with E-state index in [9.17, 15) is 4.91 Å². The fourth-order valence-electron chi connectivity index (χ4n) is 3.15. The van der Waals surface area contributed by atoms with E-state index in [-0.39, 0.29) is 6.54 Å². The molecule has 28 heavy (non-hydrogen) atoms. The maximum Gasteiger partial charge on any atom is 0.229 e. The van der Waals surface area contributed by atoms with Gasteiger partial charge in [-0.3, -0.25) is 0 Å². The molecule has 0 spiro atoms. The molecule has 1 aliphatic rings. The molecule has 0 radical (unpaired) electrons. The van der Waals surface area contributed by atoms with Gasteiger partial charge in [-0.1, -0.05) is 47.6 Å². The number of ether oxygens (including phenoxy) is 1. The third-order valence-electron chi connectivity index (χ3n) is 4.55. The molecule has 2 aromatic carbocycles. The molecule has 1 N–H and O–H groups in total. The molecule has 1 aromatic heterocycles. The molecule has 0 amide bonds. The van der Waals surface area contributed by atoms with Crippen LogP contribution >= 0.6 is 0 Å². The second-order valence-corrected chi connectivity index (χ2v) is 6.51. The molecule has 1 saturated heterocycles. The van der Waals surface area contributed by atoms with Crippen LogP contribution in [0.1, 0.15) is 5.56 Å². The van der Waals surface area contributed by atoms with E-state index in [2.05, 4.69) is 15.4 Å². The Labute approximate surface area is 163 Å². The average molecular weight is 375 g/mol. The predicted molar refractivity (Wildman–Crippen MR) is 110 cm³/mol. The highest BCUT2D eigenvalue weighted by Gasteiger charge is 2.16. The van der Waals surface area contributed by atoms with Crippen LogP contribution in [0.15, 0.2) is 65.8 Å². The van der Waals surface area contributed by atoms with Crippen LogP contribution in [0.2, 0.25) is 0 Å². The molecule has 0 unspecified atom stereocenters. The van der Waals surface area contributed by atoms with Gasteiger partial charge in [0.15, 0.2) is 0 Å². The largest absolute Gasteiger partial charge is 0.378 e. The number of nitroso groups, excluding NO2 is 1. The Kier molecular flexibility index (Phi) is 5.53. The minimum Gasteiger partial charge on any atom is -0.378 e. The summed E-state index contributed by atoms with van der Waals surface area (Å²) in [6, 6.07) is 19.6. The lowest BCUT2D eigenvalue weighted by Crippen LogP contribution is -2.36. The highest BCUT2D eigenvalue weighted by molar-refractivity contribution is 5.66. The second kappa shape index (κ2) is 8.58. The Bertz CT molecular complexity index is 943. The molecule has 0 saturated carbocycles. The standard InChI is InChI=1S/C21H21N5O2/c27-22-15-16-5-4-8-18(13-16)23-21-24-19(17-6-2-1-3-7-17)14-20(25-21)26-9-11-28-12-10-26/h1-8,13-14H,9-12,15H2,(H,23,24,25). The number of benzene rings is 2. The highest BCUT2D eigenvalue weighted by Crippen LogP contribution is 2.25. The molecule has 3 aromatic rings. The Balaban J connectivity index is 1.69. The fourth-order valence-corrected chi connectivity index (χ4v) is 3.15. The smallest absolute Gasteiger partial charge is 0.229 e. The van der Waals surface area contributed by atoms with Crippen molar-refractivity contribution in [3.05, 3.63) is 71.1 Å². The first-order valence-electron chi connectivity index (χ1n) is 9.24. The van der Waals surface area contributed by atoms with E-state index < -0.39 is 0 Å². The minimum absolute atomic E-state index is 0.138. The molecule has 1 fully saturated rings. The highest BCUT2D eigenvalue weighted by atomic mass is 16.5. The predicted octanol–water partition coefficient (Wildman–Crippen LogP) is 3.99. The van der Waals surface area contributed by atoms with Crippen molar-refractivity contribution in [1.29, 1.82) is 0 Å². The van der Waals surface area contributed by atoms with Crippen LogP contribution in [0.25, 0.3) is 11.3 Å². The molecule has 0 atom stereocenters. The summed E-state index contributed by atoms with van der Waals surface area (Å²) in [4.78, 5) is 22.2. The fraction of sp³-hybridized carbons (Fsp3) is 0.238. The van der Waals surface area contributed by atoms with Crippen molar-refractivity contribution in [2.75, 3.05) is 36.5 Å². The van der Waals surface area contributed by atoms with E-state index in [4.69, 9.17) is 14.7 Å². The van der Waals surface area contributed by atoms with Gasteiger partial charge < -0.3 is 15.0 Å². The molecule has 1 aliphatic heterocycles. The summed E-state index contributed by atoms with van der Waals surface area (Å²) in [5.74, 6) is 1.38. The van der Waals surface area contributed by atoms with Crippen LogP contribution in [0.4, 0.5) is 17.5 Å². The van der Waals surface area contributed by atoms with Crippen molar-refractivity contribution in [3.63, 3.8) is 0 Å². The van der Waals surface area contributed by atoms with Gasteiger partial charge >= 0.3 is 0 Å². The van der Waals surface area contributed by atoms with Gasteiger partial charge in [-0.25, -0.2) is 4.98 Å². The van der Waals surface area contributed by atoms with Crippen molar-refractivity contribution in [2.45, 2.75) is 6.54 Å². The summed E-state index contributed by atoms with van der Waals surface area (Å²) in [5.41, 5.74) is 3.54. The lowest BCUT2D eigenvalue weighted by molar-refractivity contribution is 0.122. The van der Waals surface area contributed by atoms with Gasteiger partial charge in [-0.15, -0.1) is 0 Å². The number of hydrogen-bond acceptors (Lipinski definition) is 7. The average Bonchev–Trinajstić information content (AvgIpc) is 2.75. The maximum absolute atomic E-state index is 10.6. The van der Waals surface area contributed by atoms with E-state index in [1.807, 2.05) is 60.7 Å². The number of nitrogens with zero attached hydrogens (tertiary/aromatic N) is 4. The Morgan fingerprint density at radius 1 is 1.00 bits per heavy atom. The van der Waals surface area contributed by atoms with Crippen LogP contribution in [-0.4, -0.2) is 36.3 Å². The molecule has 0 bridgehead atoms. The first kappa shape index (κ1) is 18.1. The molecule has 2 heterocycles. The minimum atomic E-state index is 0.138. The van der Waals surface area contributed by atoms with Crippen LogP contribution in [0, 0.1) is 4.91 Å². The first-order valence-corrected chi connectivity index (χ1v) is 9.24. The zero-order valence-corrected chi connectivity index (χ0v) is 15.4. The third-order valence-corrected chi connectivity index (χ3v) is 4.55. The Morgan fingerprint density at radius 2 is 1.82 bits per heavy atom. The van der Waals surface area contributed by atoms with Crippen LogP contribution in [-0.2, 0) is 11.3 Å². The van der Waals surface area contributed by atoms with E-state index >= 15 is 0 Å².